The molecule has 0 spiro atoms. The highest BCUT2D eigenvalue weighted by atomic mass is 15.3. The van der Waals surface area contributed by atoms with E-state index in [-0.39, 0.29) is 0 Å². The van der Waals surface area contributed by atoms with Gasteiger partial charge in [-0.1, -0.05) is 20.8 Å². The van der Waals surface area contributed by atoms with E-state index in [1.807, 2.05) is 0 Å². The molecule has 1 aliphatic heterocycles. The third-order valence-corrected chi connectivity index (χ3v) is 4.29. The molecule has 19 heavy (non-hydrogen) atoms. The van der Waals surface area contributed by atoms with Gasteiger partial charge in [-0.2, -0.15) is 5.10 Å². The predicted molar refractivity (Wildman–Crippen MR) is 79.2 cm³/mol. The van der Waals surface area contributed by atoms with E-state index in [1.54, 1.807) is 0 Å². The molecule has 0 bridgehead atoms. The highest BCUT2D eigenvalue weighted by molar-refractivity contribution is 5.01. The van der Waals surface area contributed by atoms with Gasteiger partial charge in [0.1, 0.15) is 0 Å². The average molecular weight is 264 g/mol. The normalized spacial score (nSPS) is 21.2. The molecule has 1 aliphatic rings. The van der Waals surface area contributed by atoms with Crippen LogP contribution in [-0.4, -0.2) is 40.4 Å². The van der Waals surface area contributed by atoms with E-state index in [9.17, 15) is 0 Å². The molecule has 0 saturated carbocycles. The second-order valence-corrected chi connectivity index (χ2v) is 5.49. The molecule has 1 aromatic rings. The van der Waals surface area contributed by atoms with Crippen molar-refractivity contribution >= 4 is 0 Å². The molecule has 0 amide bonds. The minimum atomic E-state index is 0.554. The van der Waals surface area contributed by atoms with Crippen molar-refractivity contribution in [1.29, 1.82) is 0 Å². The lowest BCUT2D eigenvalue weighted by atomic mass is 10.1. The van der Waals surface area contributed by atoms with Crippen molar-refractivity contribution in [3.63, 3.8) is 0 Å². The molecule has 1 aromatic heterocycles. The van der Waals surface area contributed by atoms with E-state index < -0.39 is 0 Å². The van der Waals surface area contributed by atoms with Gasteiger partial charge < -0.3 is 5.32 Å². The van der Waals surface area contributed by atoms with Crippen LogP contribution in [0.2, 0.25) is 0 Å². The fourth-order valence-corrected chi connectivity index (χ4v) is 2.95. The Labute approximate surface area is 117 Å². The molecule has 0 aliphatic carbocycles. The Bertz CT molecular complexity index is 370. The Morgan fingerprint density at radius 3 is 2.84 bits per heavy atom. The van der Waals surface area contributed by atoms with Crippen LogP contribution in [0.4, 0.5) is 0 Å². The van der Waals surface area contributed by atoms with Crippen molar-refractivity contribution in [3.8, 4) is 0 Å². The minimum Gasteiger partial charge on any atom is -0.314 e. The largest absolute Gasteiger partial charge is 0.314 e. The van der Waals surface area contributed by atoms with Crippen LogP contribution in [0.5, 0.6) is 0 Å². The summed E-state index contributed by atoms with van der Waals surface area (Å²) in [4.78, 5) is 2.57. The van der Waals surface area contributed by atoms with E-state index in [1.165, 1.54) is 12.1 Å². The number of rotatable bonds is 6. The van der Waals surface area contributed by atoms with Crippen LogP contribution in [0, 0.1) is 0 Å². The lowest BCUT2D eigenvalue weighted by Gasteiger charge is -2.35. The smallest absolute Gasteiger partial charge is 0.0765 e. The van der Waals surface area contributed by atoms with Crippen molar-refractivity contribution < 1.29 is 0 Å². The maximum absolute atomic E-state index is 4.77. The Kier molecular flexibility index (Phi) is 5.40. The first kappa shape index (κ1) is 14.5. The number of hydrogen-bond donors (Lipinski definition) is 1. The van der Waals surface area contributed by atoms with Gasteiger partial charge in [-0.05, 0) is 25.3 Å². The molecule has 2 heterocycles. The predicted octanol–water partition coefficient (Wildman–Crippen LogP) is 2.43. The monoisotopic (exact) mass is 264 g/mol. The summed E-state index contributed by atoms with van der Waals surface area (Å²) in [6, 6.07) is 3.40. The minimum absolute atomic E-state index is 0.554. The fourth-order valence-electron chi connectivity index (χ4n) is 2.95. The Morgan fingerprint density at radius 1 is 1.37 bits per heavy atom. The fraction of sp³-hybridized carbons (Fsp3) is 0.800. The number of piperazine rings is 1. The molecule has 1 fully saturated rings. The quantitative estimate of drug-likeness (QED) is 0.856. The van der Waals surface area contributed by atoms with Crippen molar-refractivity contribution in [2.24, 2.45) is 0 Å². The lowest BCUT2D eigenvalue weighted by molar-refractivity contribution is 0.147. The highest BCUT2D eigenvalue weighted by Crippen LogP contribution is 2.16. The summed E-state index contributed by atoms with van der Waals surface area (Å²) < 4.78 is 2.15. The molecule has 1 saturated heterocycles. The molecular formula is C15H28N4. The van der Waals surface area contributed by atoms with E-state index in [2.05, 4.69) is 47.9 Å². The van der Waals surface area contributed by atoms with Crippen LogP contribution in [0.15, 0.2) is 12.3 Å². The van der Waals surface area contributed by atoms with Crippen LogP contribution in [0.25, 0.3) is 0 Å². The van der Waals surface area contributed by atoms with Crippen molar-refractivity contribution in [2.75, 3.05) is 19.6 Å². The lowest BCUT2D eigenvalue weighted by Crippen LogP contribution is -2.50. The first-order chi connectivity index (χ1) is 9.28. The molecule has 0 radical (unpaired) electrons. The van der Waals surface area contributed by atoms with E-state index in [0.29, 0.717) is 12.1 Å². The van der Waals surface area contributed by atoms with Crippen LogP contribution >= 0.6 is 0 Å². The van der Waals surface area contributed by atoms with Gasteiger partial charge in [0.15, 0.2) is 0 Å². The Morgan fingerprint density at radius 2 is 2.16 bits per heavy atom. The van der Waals surface area contributed by atoms with Crippen molar-refractivity contribution in [1.82, 2.24) is 20.0 Å². The summed E-state index contributed by atoms with van der Waals surface area (Å²) >= 11 is 0. The standard InChI is InChI=1S/C15H28N4/c1-4-14(5-2)19-9-7-13(17-19)12-18-10-8-16-11-15(18)6-3/h7,9,14-16H,4-6,8,10-12H2,1-3H3. The maximum Gasteiger partial charge on any atom is 0.0765 e. The van der Waals surface area contributed by atoms with Gasteiger partial charge in [-0.3, -0.25) is 9.58 Å². The highest BCUT2D eigenvalue weighted by Gasteiger charge is 2.21. The summed E-state index contributed by atoms with van der Waals surface area (Å²) in [5, 5.41) is 8.25. The summed E-state index contributed by atoms with van der Waals surface area (Å²) in [6.45, 7) is 11.1. The van der Waals surface area contributed by atoms with Crippen molar-refractivity contribution in [3.05, 3.63) is 18.0 Å². The third-order valence-electron chi connectivity index (χ3n) is 4.29. The van der Waals surface area contributed by atoms with Gasteiger partial charge in [-0.25, -0.2) is 0 Å². The Hall–Kier alpha value is -0.870. The molecule has 0 aromatic carbocycles. The van der Waals surface area contributed by atoms with Gasteiger partial charge in [0.2, 0.25) is 0 Å². The first-order valence-corrected chi connectivity index (χ1v) is 7.77. The summed E-state index contributed by atoms with van der Waals surface area (Å²) in [5.74, 6) is 0. The van der Waals surface area contributed by atoms with Crippen LogP contribution in [-0.2, 0) is 6.54 Å². The van der Waals surface area contributed by atoms with E-state index in [4.69, 9.17) is 5.10 Å². The zero-order chi connectivity index (χ0) is 13.7. The third kappa shape index (κ3) is 3.57. The Balaban J connectivity index is 1.98. The van der Waals surface area contributed by atoms with Gasteiger partial charge in [-0.15, -0.1) is 0 Å². The number of nitrogens with one attached hydrogen (secondary N) is 1. The average Bonchev–Trinajstić information content (AvgIpc) is 2.89. The molecule has 4 nitrogen and oxygen atoms in total. The van der Waals surface area contributed by atoms with E-state index in [0.717, 1.165) is 39.0 Å². The van der Waals surface area contributed by atoms with E-state index >= 15 is 0 Å². The molecule has 108 valence electrons. The number of hydrogen-bond acceptors (Lipinski definition) is 3. The van der Waals surface area contributed by atoms with Crippen LogP contribution < -0.4 is 5.32 Å². The van der Waals surface area contributed by atoms with Crippen molar-refractivity contribution in [2.45, 2.75) is 58.7 Å². The first-order valence-electron chi connectivity index (χ1n) is 7.77. The number of nitrogens with zero attached hydrogens (tertiary/aromatic N) is 3. The van der Waals surface area contributed by atoms with Gasteiger partial charge in [0.05, 0.1) is 11.7 Å². The summed E-state index contributed by atoms with van der Waals surface area (Å²) in [5.41, 5.74) is 1.22. The molecule has 1 unspecified atom stereocenters. The number of aromatic nitrogens is 2. The van der Waals surface area contributed by atoms with Crippen LogP contribution in [0.3, 0.4) is 0 Å². The summed E-state index contributed by atoms with van der Waals surface area (Å²) in [6.07, 6.45) is 5.67. The SMILES string of the molecule is CCC1CNCCN1Cc1ccn(C(CC)CC)n1. The molecule has 1 atom stereocenters. The topological polar surface area (TPSA) is 33.1 Å². The van der Waals surface area contributed by atoms with Gasteiger partial charge in [0, 0.05) is 38.4 Å². The second-order valence-electron chi connectivity index (χ2n) is 5.49. The van der Waals surface area contributed by atoms with Gasteiger partial charge in [0.25, 0.3) is 0 Å². The zero-order valence-electron chi connectivity index (χ0n) is 12.6. The second kappa shape index (κ2) is 7.06. The summed E-state index contributed by atoms with van der Waals surface area (Å²) in [7, 11) is 0. The molecule has 1 N–H and O–H groups in total. The molecule has 4 heteroatoms. The molecule has 2 rings (SSSR count). The molecular weight excluding hydrogens is 236 g/mol. The van der Waals surface area contributed by atoms with Crippen LogP contribution in [0.1, 0.15) is 51.8 Å². The van der Waals surface area contributed by atoms with Gasteiger partial charge >= 0.3 is 0 Å². The zero-order valence-corrected chi connectivity index (χ0v) is 12.6. The maximum atomic E-state index is 4.77.